The first-order valence-electron chi connectivity index (χ1n) is 5.23. The van der Waals surface area contributed by atoms with E-state index in [2.05, 4.69) is 5.32 Å². The summed E-state index contributed by atoms with van der Waals surface area (Å²) in [5, 5.41) is 2.85. The van der Waals surface area contributed by atoms with Crippen LogP contribution in [0.3, 0.4) is 0 Å². The highest BCUT2D eigenvalue weighted by atomic mass is 19.1. The highest BCUT2D eigenvalue weighted by Gasteiger charge is 2.49. The fourth-order valence-electron chi connectivity index (χ4n) is 1.97. The van der Waals surface area contributed by atoms with E-state index in [9.17, 15) is 9.18 Å². The van der Waals surface area contributed by atoms with Gasteiger partial charge in [0.05, 0.1) is 5.92 Å². The van der Waals surface area contributed by atoms with Gasteiger partial charge in [-0.05, 0) is 12.8 Å². The second-order valence-corrected chi connectivity index (χ2v) is 5.22. The number of halogens is 1. The van der Waals surface area contributed by atoms with E-state index in [1.165, 1.54) is 0 Å². The molecule has 82 valence electrons. The molecule has 1 aliphatic heterocycles. The first-order valence-corrected chi connectivity index (χ1v) is 5.23. The minimum Gasteiger partial charge on any atom is -0.353 e. The van der Waals surface area contributed by atoms with Crippen molar-refractivity contribution in [3.8, 4) is 0 Å². The Bertz CT molecular complexity index is 237. The van der Waals surface area contributed by atoms with E-state index in [-0.39, 0.29) is 17.9 Å². The molecule has 1 fully saturated rings. The van der Waals surface area contributed by atoms with Gasteiger partial charge in [-0.15, -0.1) is 0 Å². The van der Waals surface area contributed by atoms with Crippen molar-refractivity contribution in [2.24, 2.45) is 17.3 Å². The summed E-state index contributed by atoms with van der Waals surface area (Å²) in [4.78, 5) is 11.6. The fraction of sp³-hybridized carbons (Fsp3) is 0.909. The van der Waals surface area contributed by atoms with E-state index in [1.807, 2.05) is 34.6 Å². The maximum atomic E-state index is 14.1. The van der Waals surface area contributed by atoms with Gasteiger partial charge in [-0.3, -0.25) is 4.79 Å². The number of carbonyl (C=O) groups excluding carboxylic acids is 1. The van der Waals surface area contributed by atoms with Crippen LogP contribution in [-0.2, 0) is 4.79 Å². The van der Waals surface area contributed by atoms with Gasteiger partial charge in [-0.25, -0.2) is 4.39 Å². The van der Waals surface area contributed by atoms with Crippen molar-refractivity contribution < 1.29 is 9.18 Å². The third kappa shape index (κ3) is 1.64. The predicted octanol–water partition coefficient (Wildman–Crippen LogP) is 2.14. The standard InChI is InChI=1S/C11H20FNO/c1-6(2)8-9(12)11(4,5)7(3)13-10(8)14/h6-9H,1-5H3,(H,13,14). The van der Waals surface area contributed by atoms with Gasteiger partial charge in [0.2, 0.25) is 5.91 Å². The molecule has 0 bridgehead atoms. The Hall–Kier alpha value is -0.600. The number of hydrogen-bond donors (Lipinski definition) is 1. The van der Waals surface area contributed by atoms with E-state index in [0.29, 0.717) is 0 Å². The van der Waals surface area contributed by atoms with Crippen molar-refractivity contribution in [3.63, 3.8) is 0 Å². The van der Waals surface area contributed by atoms with Crippen molar-refractivity contribution in [2.45, 2.75) is 46.8 Å². The highest BCUT2D eigenvalue weighted by Crippen LogP contribution is 2.39. The molecule has 14 heavy (non-hydrogen) atoms. The minimum atomic E-state index is -1.05. The SMILES string of the molecule is CC(C)C1C(=O)NC(C)C(C)(C)C1F. The van der Waals surface area contributed by atoms with Gasteiger partial charge in [0.1, 0.15) is 6.17 Å². The fourth-order valence-corrected chi connectivity index (χ4v) is 1.97. The van der Waals surface area contributed by atoms with Crippen LogP contribution in [0.4, 0.5) is 4.39 Å². The van der Waals surface area contributed by atoms with Crippen LogP contribution in [0.1, 0.15) is 34.6 Å². The van der Waals surface area contributed by atoms with E-state index in [1.54, 1.807) is 0 Å². The summed E-state index contributed by atoms with van der Waals surface area (Å²) >= 11 is 0. The lowest BCUT2D eigenvalue weighted by Gasteiger charge is -2.45. The summed E-state index contributed by atoms with van der Waals surface area (Å²) < 4.78 is 14.1. The molecular formula is C11H20FNO. The molecule has 3 heteroatoms. The molecule has 1 aliphatic rings. The lowest BCUT2D eigenvalue weighted by molar-refractivity contribution is -0.139. The smallest absolute Gasteiger partial charge is 0.226 e. The lowest BCUT2D eigenvalue weighted by atomic mass is 9.69. The topological polar surface area (TPSA) is 29.1 Å². The summed E-state index contributed by atoms with van der Waals surface area (Å²) in [5.41, 5.74) is -0.469. The van der Waals surface area contributed by atoms with Crippen LogP contribution in [0.5, 0.6) is 0 Å². The average Bonchev–Trinajstić information content (AvgIpc) is 2.00. The molecule has 1 rings (SSSR count). The van der Waals surface area contributed by atoms with Gasteiger partial charge in [0.15, 0.2) is 0 Å². The van der Waals surface area contributed by atoms with Crippen molar-refractivity contribution >= 4 is 5.91 Å². The molecule has 3 atom stereocenters. The summed E-state index contributed by atoms with van der Waals surface area (Å²) in [5.74, 6) is -0.586. The summed E-state index contributed by atoms with van der Waals surface area (Å²) in [7, 11) is 0. The molecule has 0 radical (unpaired) electrons. The maximum absolute atomic E-state index is 14.1. The van der Waals surface area contributed by atoms with E-state index < -0.39 is 17.5 Å². The van der Waals surface area contributed by atoms with Gasteiger partial charge in [-0.1, -0.05) is 27.7 Å². The van der Waals surface area contributed by atoms with E-state index in [0.717, 1.165) is 0 Å². The molecule has 0 aromatic carbocycles. The Morgan fingerprint density at radius 3 is 2.36 bits per heavy atom. The van der Waals surface area contributed by atoms with Crippen molar-refractivity contribution in [1.82, 2.24) is 5.32 Å². The number of piperidine rings is 1. The molecule has 0 spiro atoms. The van der Waals surface area contributed by atoms with Crippen molar-refractivity contribution in [1.29, 1.82) is 0 Å². The molecule has 1 N–H and O–H groups in total. The third-order valence-corrected chi connectivity index (χ3v) is 3.52. The maximum Gasteiger partial charge on any atom is 0.226 e. The first kappa shape index (κ1) is 11.5. The van der Waals surface area contributed by atoms with E-state index in [4.69, 9.17) is 0 Å². The Kier molecular flexibility index (Phi) is 2.88. The molecular weight excluding hydrogens is 181 g/mol. The molecule has 1 saturated heterocycles. The number of amides is 1. The largest absolute Gasteiger partial charge is 0.353 e. The number of alkyl halides is 1. The Labute approximate surface area is 85.3 Å². The number of carbonyl (C=O) groups is 1. The zero-order valence-electron chi connectivity index (χ0n) is 9.60. The summed E-state index contributed by atoms with van der Waals surface area (Å²) in [6.07, 6.45) is -1.05. The molecule has 0 saturated carbocycles. The zero-order chi connectivity index (χ0) is 11.1. The van der Waals surface area contributed by atoms with Crippen LogP contribution in [-0.4, -0.2) is 18.1 Å². The Morgan fingerprint density at radius 2 is 1.93 bits per heavy atom. The van der Waals surface area contributed by atoms with Gasteiger partial charge in [-0.2, -0.15) is 0 Å². The number of rotatable bonds is 1. The molecule has 1 heterocycles. The average molecular weight is 201 g/mol. The quantitative estimate of drug-likeness (QED) is 0.692. The molecule has 1 amide bonds. The van der Waals surface area contributed by atoms with Gasteiger partial charge in [0.25, 0.3) is 0 Å². The zero-order valence-corrected chi connectivity index (χ0v) is 9.60. The molecule has 3 unspecified atom stereocenters. The first-order chi connectivity index (χ1) is 6.28. The van der Waals surface area contributed by atoms with Gasteiger partial charge >= 0.3 is 0 Å². The van der Waals surface area contributed by atoms with Crippen LogP contribution >= 0.6 is 0 Å². The van der Waals surface area contributed by atoms with Crippen LogP contribution in [0.15, 0.2) is 0 Å². The minimum absolute atomic E-state index is 0.0526. The molecule has 0 aromatic rings. The number of hydrogen-bond acceptors (Lipinski definition) is 1. The van der Waals surface area contributed by atoms with Gasteiger partial charge in [0, 0.05) is 11.5 Å². The molecule has 0 aliphatic carbocycles. The summed E-state index contributed by atoms with van der Waals surface area (Å²) in [6.45, 7) is 9.39. The Balaban J connectivity index is 2.95. The van der Waals surface area contributed by atoms with Crippen LogP contribution in [0, 0.1) is 17.3 Å². The normalized spacial score (nSPS) is 37.1. The summed E-state index contributed by atoms with van der Waals surface area (Å²) in [6, 6.07) is -0.0972. The van der Waals surface area contributed by atoms with Crippen LogP contribution in [0.2, 0.25) is 0 Å². The van der Waals surface area contributed by atoms with Crippen LogP contribution < -0.4 is 5.32 Å². The molecule has 2 nitrogen and oxygen atoms in total. The second kappa shape index (κ2) is 3.52. The monoisotopic (exact) mass is 201 g/mol. The predicted molar refractivity (Wildman–Crippen MR) is 54.6 cm³/mol. The third-order valence-electron chi connectivity index (χ3n) is 3.52. The second-order valence-electron chi connectivity index (χ2n) is 5.22. The number of nitrogens with one attached hydrogen (secondary N) is 1. The lowest BCUT2D eigenvalue weighted by Crippen LogP contribution is -2.60. The molecule has 0 aromatic heterocycles. The van der Waals surface area contributed by atoms with Crippen molar-refractivity contribution in [3.05, 3.63) is 0 Å². The van der Waals surface area contributed by atoms with Gasteiger partial charge < -0.3 is 5.32 Å². The Morgan fingerprint density at radius 1 is 1.43 bits per heavy atom. The van der Waals surface area contributed by atoms with Crippen molar-refractivity contribution in [2.75, 3.05) is 0 Å². The van der Waals surface area contributed by atoms with E-state index >= 15 is 0 Å². The van der Waals surface area contributed by atoms with Crippen LogP contribution in [0.25, 0.3) is 0 Å². The highest BCUT2D eigenvalue weighted by molar-refractivity contribution is 5.81.